The van der Waals surface area contributed by atoms with Crippen molar-refractivity contribution in [3.8, 4) is 5.75 Å². The molecule has 6 rings (SSSR count). The number of hydrogen-bond donors (Lipinski definition) is 3. The number of piperidine rings is 3. The van der Waals surface area contributed by atoms with Gasteiger partial charge in [-0.15, -0.1) is 0 Å². The number of carbonyl (C=O) groups is 4. The van der Waals surface area contributed by atoms with Crippen LogP contribution in [-0.2, 0) is 25.6 Å². The standard InChI is InChI=1S/C34H43N5O5/c40-31-9-4-25-3-7-28(21-30(25)36-31)44-20-15-35-33(42)26-13-16-38(17-14-26)22-23-11-18-39(19-12-23)27-5-1-24(2-6-27)29-8-10-32(41)37-34(29)43/h1-3,5-7,21,23,26,29H,4,8-20,22H2,(H,35,42)(H,36,40)(H,37,41,43). The average molecular weight is 602 g/mol. The molecule has 1 unspecified atom stereocenters. The number of anilines is 2. The fraction of sp³-hybridized carbons (Fsp3) is 0.529. The third kappa shape index (κ3) is 7.41. The first-order valence-electron chi connectivity index (χ1n) is 16.2. The fourth-order valence-corrected chi connectivity index (χ4v) is 6.97. The van der Waals surface area contributed by atoms with E-state index in [0.717, 1.165) is 81.6 Å². The third-order valence-electron chi connectivity index (χ3n) is 9.64. The molecule has 234 valence electrons. The molecular weight excluding hydrogens is 558 g/mol. The fourth-order valence-electron chi connectivity index (χ4n) is 6.97. The van der Waals surface area contributed by atoms with E-state index in [9.17, 15) is 19.2 Å². The predicted molar refractivity (Wildman–Crippen MR) is 168 cm³/mol. The molecule has 2 aromatic rings. The van der Waals surface area contributed by atoms with Crippen molar-refractivity contribution in [1.29, 1.82) is 0 Å². The Morgan fingerprint density at radius 1 is 0.841 bits per heavy atom. The number of rotatable bonds is 9. The molecule has 0 aromatic heterocycles. The van der Waals surface area contributed by atoms with Crippen LogP contribution in [0.15, 0.2) is 42.5 Å². The number of amides is 4. The van der Waals surface area contributed by atoms with Crippen LogP contribution in [0.2, 0.25) is 0 Å². The van der Waals surface area contributed by atoms with Crippen molar-refractivity contribution < 1.29 is 23.9 Å². The zero-order valence-corrected chi connectivity index (χ0v) is 25.3. The summed E-state index contributed by atoms with van der Waals surface area (Å²) in [7, 11) is 0. The molecule has 1 atom stereocenters. The summed E-state index contributed by atoms with van der Waals surface area (Å²) in [5.41, 5.74) is 4.10. The second kappa shape index (κ2) is 13.8. The van der Waals surface area contributed by atoms with Gasteiger partial charge in [0.25, 0.3) is 0 Å². The zero-order valence-electron chi connectivity index (χ0n) is 25.3. The lowest BCUT2D eigenvalue weighted by atomic mass is 9.90. The Hall–Kier alpha value is -3.92. The van der Waals surface area contributed by atoms with Crippen molar-refractivity contribution in [2.45, 2.75) is 57.3 Å². The van der Waals surface area contributed by atoms with Crippen molar-refractivity contribution >= 4 is 35.0 Å². The number of nitrogens with zero attached hydrogens (tertiary/aromatic N) is 2. The summed E-state index contributed by atoms with van der Waals surface area (Å²) in [6.45, 7) is 5.88. The summed E-state index contributed by atoms with van der Waals surface area (Å²) in [4.78, 5) is 53.0. The van der Waals surface area contributed by atoms with E-state index < -0.39 is 0 Å². The Balaban J connectivity index is 0.864. The zero-order chi connectivity index (χ0) is 30.5. The van der Waals surface area contributed by atoms with Gasteiger partial charge in [-0.25, -0.2) is 0 Å². The van der Waals surface area contributed by atoms with Gasteiger partial charge in [0, 0.05) is 55.8 Å². The van der Waals surface area contributed by atoms with Crippen LogP contribution >= 0.6 is 0 Å². The molecule has 4 amide bonds. The van der Waals surface area contributed by atoms with Gasteiger partial charge >= 0.3 is 0 Å². The van der Waals surface area contributed by atoms with E-state index in [4.69, 9.17) is 4.74 Å². The van der Waals surface area contributed by atoms with Crippen LogP contribution < -0.4 is 25.6 Å². The maximum absolute atomic E-state index is 12.8. The quantitative estimate of drug-likeness (QED) is 0.298. The SMILES string of the molecule is O=C1CCC(c2ccc(N3CCC(CN4CCC(C(=O)NCCOc5ccc6c(c5)NC(=O)CC6)CC4)CC3)cc2)C(=O)N1. The van der Waals surface area contributed by atoms with Gasteiger partial charge < -0.3 is 25.2 Å². The Kier molecular flexibility index (Phi) is 9.45. The molecule has 0 spiro atoms. The van der Waals surface area contributed by atoms with Gasteiger partial charge in [-0.1, -0.05) is 18.2 Å². The Labute approximate surface area is 258 Å². The van der Waals surface area contributed by atoms with Crippen molar-refractivity contribution in [3.05, 3.63) is 53.6 Å². The monoisotopic (exact) mass is 601 g/mol. The number of benzene rings is 2. The summed E-state index contributed by atoms with van der Waals surface area (Å²) in [5, 5.41) is 8.38. The molecule has 3 N–H and O–H groups in total. The van der Waals surface area contributed by atoms with Crippen LogP contribution in [0.3, 0.4) is 0 Å². The third-order valence-corrected chi connectivity index (χ3v) is 9.64. The number of fused-ring (bicyclic) bond motifs is 1. The molecule has 4 aliphatic rings. The van der Waals surface area contributed by atoms with Gasteiger partial charge in [0.1, 0.15) is 12.4 Å². The number of ether oxygens (including phenoxy) is 1. The van der Waals surface area contributed by atoms with Crippen LogP contribution in [0.25, 0.3) is 0 Å². The molecular formula is C34H43N5O5. The second-order valence-electron chi connectivity index (χ2n) is 12.6. The Bertz CT molecular complexity index is 1360. The Morgan fingerprint density at radius 3 is 2.34 bits per heavy atom. The summed E-state index contributed by atoms with van der Waals surface area (Å²) in [6.07, 6.45) is 6.30. The highest BCUT2D eigenvalue weighted by atomic mass is 16.5. The lowest BCUT2D eigenvalue weighted by Crippen LogP contribution is -2.44. The minimum Gasteiger partial charge on any atom is -0.492 e. The molecule has 3 fully saturated rings. The molecule has 10 heteroatoms. The van der Waals surface area contributed by atoms with Crippen molar-refractivity contribution in [1.82, 2.24) is 15.5 Å². The molecule has 0 aliphatic carbocycles. The highest BCUT2D eigenvalue weighted by Crippen LogP contribution is 2.30. The molecule has 0 radical (unpaired) electrons. The molecule has 44 heavy (non-hydrogen) atoms. The summed E-state index contributed by atoms with van der Waals surface area (Å²) < 4.78 is 5.82. The molecule has 4 aliphatic heterocycles. The lowest BCUT2D eigenvalue weighted by Gasteiger charge is -2.38. The molecule has 4 heterocycles. The van der Waals surface area contributed by atoms with Crippen LogP contribution in [0.4, 0.5) is 11.4 Å². The summed E-state index contributed by atoms with van der Waals surface area (Å²) >= 11 is 0. The summed E-state index contributed by atoms with van der Waals surface area (Å²) in [6, 6.07) is 14.0. The van der Waals surface area contributed by atoms with Crippen LogP contribution in [-0.4, -0.2) is 74.4 Å². The van der Waals surface area contributed by atoms with Gasteiger partial charge in [0.15, 0.2) is 0 Å². The van der Waals surface area contributed by atoms with Crippen LogP contribution in [0.5, 0.6) is 5.75 Å². The van der Waals surface area contributed by atoms with Gasteiger partial charge in [0.05, 0.1) is 12.5 Å². The number of likely N-dealkylation sites (tertiary alicyclic amines) is 1. The van der Waals surface area contributed by atoms with Crippen molar-refractivity contribution in [3.63, 3.8) is 0 Å². The first kappa shape index (κ1) is 30.1. The smallest absolute Gasteiger partial charge is 0.234 e. The van der Waals surface area contributed by atoms with Gasteiger partial charge in [0.2, 0.25) is 23.6 Å². The average Bonchev–Trinajstić information content (AvgIpc) is 3.04. The van der Waals surface area contributed by atoms with E-state index in [0.29, 0.717) is 44.1 Å². The second-order valence-corrected chi connectivity index (χ2v) is 12.6. The lowest BCUT2D eigenvalue weighted by molar-refractivity contribution is -0.134. The number of aryl methyl sites for hydroxylation is 1. The van der Waals surface area contributed by atoms with Gasteiger partial charge in [-0.05, 0) is 86.9 Å². The molecule has 0 saturated carbocycles. The topological polar surface area (TPSA) is 120 Å². The van der Waals surface area contributed by atoms with Gasteiger partial charge in [-0.2, -0.15) is 0 Å². The largest absolute Gasteiger partial charge is 0.492 e. The van der Waals surface area contributed by atoms with E-state index in [1.807, 2.05) is 30.3 Å². The predicted octanol–water partition coefficient (Wildman–Crippen LogP) is 3.22. The number of nitrogens with one attached hydrogen (secondary N) is 3. The number of carbonyl (C=O) groups excluding carboxylic acids is 4. The van der Waals surface area contributed by atoms with Crippen molar-refractivity contribution in [2.75, 3.05) is 56.1 Å². The van der Waals surface area contributed by atoms with Crippen LogP contribution in [0.1, 0.15) is 62.0 Å². The minimum absolute atomic E-state index is 0.0334. The molecule has 0 bridgehead atoms. The molecule has 10 nitrogen and oxygen atoms in total. The van der Waals surface area contributed by atoms with Crippen molar-refractivity contribution in [2.24, 2.45) is 11.8 Å². The van der Waals surface area contributed by atoms with E-state index >= 15 is 0 Å². The maximum atomic E-state index is 12.8. The highest BCUT2D eigenvalue weighted by molar-refractivity contribution is 6.01. The summed E-state index contributed by atoms with van der Waals surface area (Å²) in [5.74, 6) is 0.942. The maximum Gasteiger partial charge on any atom is 0.234 e. The first-order chi connectivity index (χ1) is 21.4. The van der Waals surface area contributed by atoms with E-state index in [1.54, 1.807) is 0 Å². The van der Waals surface area contributed by atoms with E-state index in [2.05, 4.69) is 37.9 Å². The minimum atomic E-state index is -0.241. The molecule has 2 aromatic carbocycles. The number of hydrogen-bond acceptors (Lipinski definition) is 7. The normalized spacial score (nSPS) is 21.8. The Morgan fingerprint density at radius 2 is 1.59 bits per heavy atom. The number of imide groups is 1. The highest BCUT2D eigenvalue weighted by Gasteiger charge is 2.29. The van der Waals surface area contributed by atoms with Gasteiger partial charge in [-0.3, -0.25) is 24.5 Å². The van der Waals surface area contributed by atoms with Crippen LogP contribution in [0, 0.1) is 11.8 Å². The first-order valence-corrected chi connectivity index (χ1v) is 16.2. The van der Waals surface area contributed by atoms with E-state index in [-0.39, 0.29) is 35.5 Å². The van der Waals surface area contributed by atoms with E-state index in [1.165, 1.54) is 5.69 Å². The molecule has 3 saturated heterocycles.